The van der Waals surface area contributed by atoms with Crippen LogP contribution in [0.15, 0.2) is 6.33 Å². The van der Waals surface area contributed by atoms with Gasteiger partial charge in [0.15, 0.2) is 0 Å². The second kappa shape index (κ2) is 2.35. The van der Waals surface area contributed by atoms with Crippen LogP contribution in [0.3, 0.4) is 0 Å². The molecule has 0 amide bonds. The summed E-state index contributed by atoms with van der Waals surface area (Å²) in [7, 11) is 0. The molecule has 1 aliphatic rings. The van der Waals surface area contributed by atoms with Gasteiger partial charge in [0.1, 0.15) is 18.1 Å². The molecule has 11 heavy (non-hydrogen) atoms. The summed E-state index contributed by atoms with van der Waals surface area (Å²) in [4.78, 5) is 4.04. The Morgan fingerprint density at radius 1 is 1.73 bits per heavy atom. The van der Waals surface area contributed by atoms with Gasteiger partial charge in [-0.25, -0.2) is 9.67 Å². The minimum absolute atomic E-state index is 0.0359. The van der Waals surface area contributed by atoms with Crippen LogP contribution in [0.1, 0.15) is 24.6 Å². The predicted octanol–water partition coefficient (Wildman–Crippen LogP) is 0.679. The van der Waals surface area contributed by atoms with Crippen LogP contribution in [0.4, 0.5) is 0 Å². The van der Waals surface area contributed by atoms with Gasteiger partial charge in [-0.2, -0.15) is 10.4 Å². The number of nitriles is 1. The van der Waals surface area contributed by atoms with Crippen LogP contribution in [0.2, 0.25) is 0 Å². The van der Waals surface area contributed by atoms with Gasteiger partial charge in [0.2, 0.25) is 0 Å². The first-order chi connectivity index (χ1) is 5.42. The minimum Gasteiger partial charge on any atom is -0.249 e. The molecule has 0 aliphatic carbocycles. The van der Waals surface area contributed by atoms with Crippen LogP contribution in [-0.2, 0) is 6.54 Å². The monoisotopic (exact) mass is 148 g/mol. The summed E-state index contributed by atoms with van der Waals surface area (Å²) in [5.41, 5.74) is 0. The molecule has 1 aliphatic heterocycles. The van der Waals surface area contributed by atoms with Crippen molar-refractivity contribution in [3.8, 4) is 6.07 Å². The molecular formula is C7H8N4. The van der Waals surface area contributed by atoms with E-state index in [1.807, 2.05) is 4.68 Å². The maximum absolute atomic E-state index is 8.73. The van der Waals surface area contributed by atoms with Crippen molar-refractivity contribution < 1.29 is 0 Å². The zero-order chi connectivity index (χ0) is 7.68. The summed E-state index contributed by atoms with van der Waals surface area (Å²) in [6.07, 6.45) is 3.48. The smallest absolute Gasteiger partial charge is 0.144 e. The summed E-state index contributed by atoms with van der Waals surface area (Å²) in [6.45, 7) is 0.910. The van der Waals surface area contributed by atoms with E-state index in [1.165, 1.54) is 6.33 Å². The van der Waals surface area contributed by atoms with Crippen molar-refractivity contribution in [2.45, 2.75) is 25.3 Å². The van der Waals surface area contributed by atoms with E-state index in [0.29, 0.717) is 0 Å². The molecule has 1 unspecified atom stereocenters. The lowest BCUT2D eigenvalue weighted by Gasteiger charge is -2.15. The van der Waals surface area contributed by atoms with Crippen molar-refractivity contribution in [2.75, 3.05) is 0 Å². The largest absolute Gasteiger partial charge is 0.249 e. The normalized spacial score (nSPS) is 22.3. The third-order valence-corrected chi connectivity index (χ3v) is 1.98. The molecule has 0 aromatic carbocycles. The van der Waals surface area contributed by atoms with Crippen LogP contribution >= 0.6 is 0 Å². The molecule has 4 nitrogen and oxygen atoms in total. The fourth-order valence-electron chi connectivity index (χ4n) is 1.41. The minimum atomic E-state index is -0.0359. The van der Waals surface area contributed by atoms with Gasteiger partial charge in [-0.05, 0) is 12.8 Å². The standard InChI is InChI=1S/C7H8N4/c8-4-6-2-1-3-11-7(6)9-5-10-11/h5-6H,1-3H2. The molecule has 0 saturated carbocycles. The van der Waals surface area contributed by atoms with E-state index in [2.05, 4.69) is 16.2 Å². The number of aryl methyl sites for hydroxylation is 1. The van der Waals surface area contributed by atoms with E-state index in [-0.39, 0.29) is 5.92 Å². The van der Waals surface area contributed by atoms with E-state index < -0.39 is 0 Å². The van der Waals surface area contributed by atoms with Crippen molar-refractivity contribution in [1.82, 2.24) is 14.8 Å². The maximum atomic E-state index is 8.73. The van der Waals surface area contributed by atoms with Gasteiger partial charge in [0.25, 0.3) is 0 Å². The van der Waals surface area contributed by atoms with E-state index in [9.17, 15) is 0 Å². The number of hydrogen-bond donors (Lipinski definition) is 0. The van der Waals surface area contributed by atoms with Crippen LogP contribution < -0.4 is 0 Å². The second-order valence-electron chi connectivity index (χ2n) is 2.67. The Kier molecular flexibility index (Phi) is 1.35. The molecule has 2 rings (SSSR count). The molecule has 1 aromatic rings. The summed E-state index contributed by atoms with van der Waals surface area (Å²) in [5.74, 6) is 0.796. The van der Waals surface area contributed by atoms with Crippen molar-refractivity contribution in [3.63, 3.8) is 0 Å². The zero-order valence-electron chi connectivity index (χ0n) is 6.06. The highest BCUT2D eigenvalue weighted by atomic mass is 15.3. The summed E-state index contributed by atoms with van der Waals surface area (Å²) >= 11 is 0. The molecule has 4 heteroatoms. The fraction of sp³-hybridized carbons (Fsp3) is 0.571. The Morgan fingerprint density at radius 2 is 2.64 bits per heavy atom. The first kappa shape index (κ1) is 6.35. The molecule has 0 saturated heterocycles. The molecule has 1 atom stereocenters. The Labute approximate surface area is 64.5 Å². The Bertz CT molecular complexity index is 296. The Morgan fingerprint density at radius 3 is 3.45 bits per heavy atom. The number of nitrogens with zero attached hydrogens (tertiary/aromatic N) is 4. The average molecular weight is 148 g/mol. The van der Waals surface area contributed by atoms with Crippen LogP contribution in [0, 0.1) is 11.3 Å². The van der Waals surface area contributed by atoms with Crippen LogP contribution in [-0.4, -0.2) is 14.8 Å². The van der Waals surface area contributed by atoms with E-state index in [4.69, 9.17) is 5.26 Å². The number of rotatable bonds is 0. The summed E-state index contributed by atoms with van der Waals surface area (Å²) in [6, 6.07) is 2.22. The lowest BCUT2D eigenvalue weighted by Crippen LogP contribution is -2.15. The van der Waals surface area contributed by atoms with Gasteiger partial charge in [0.05, 0.1) is 6.07 Å². The van der Waals surface area contributed by atoms with Crippen molar-refractivity contribution >= 4 is 0 Å². The van der Waals surface area contributed by atoms with Gasteiger partial charge in [-0.1, -0.05) is 0 Å². The lowest BCUT2D eigenvalue weighted by atomic mass is 10.0. The first-order valence-corrected chi connectivity index (χ1v) is 3.69. The number of aromatic nitrogens is 3. The molecule has 0 fully saturated rings. The number of hydrogen-bond acceptors (Lipinski definition) is 3. The molecule has 0 N–H and O–H groups in total. The molecule has 0 spiro atoms. The Balaban J connectivity index is 2.41. The highest BCUT2D eigenvalue weighted by Gasteiger charge is 2.21. The van der Waals surface area contributed by atoms with Crippen LogP contribution in [0.5, 0.6) is 0 Å². The number of fused-ring (bicyclic) bond motifs is 1. The quantitative estimate of drug-likeness (QED) is 0.543. The summed E-state index contributed by atoms with van der Waals surface area (Å²) < 4.78 is 1.82. The fourth-order valence-corrected chi connectivity index (χ4v) is 1.41. The van der Waals surface area contributed by atoms with Crippen molar-refractivity contribution in [2.24, 2.45) is 0 Å². The maximum Gasteiger partial charge on any atom is 0.144 e. The average Bonchev–Trinajstić information content (AvgIpc) is 2.50. The molecular weight excluding hydrogens is 140 g/mol. The van der Waals surface area contributed by atoms with Crippen molar-refractivity contribution in [1.29, 1.82) is 5.26 Å². The van der Waals surface area contributed by atoms with Gasteiger partial charge in [-0.3, -0.25) is 0 Å². The highest BCUT2D eigenvalue weighted by Crippen LogP contribution is 2.22. The zero-order valence-corrected chi connectivity index (χ0v) is 6.06. The van der Waals surface area contributed by atoms with Gasteiger partial charge in [-0.15, -0.1) is 0 Å². The highest BCUT2D eigenvalue weighted by molar-refractivity contribution is 5.09. The van der Waals surface area contributed by atoms with Gasteiger partial charge in [0, 0.05) is 6.54 Å². The predicted molar refractivity (Wildman–Crippen MR) is 37.6 cm³/mol. The van der Waals surface area contributed by atoms with Gasteiger partial charge < -0.3 is 0 Å². The van der Waals surface area contributed by atoms with E-state index in [0.717, 1.165) is 25.2 Å². The van der Waals surface area contributed by atoms with Crippen LogP contribution in [0.25, 0.3) is 0 Å². The lowest BCUT2D eigenvalue weighted by molar-refractivity contribution is 0.455. The third kappa shape index (κ3) is 0.891. The molecule has 2 heterocycles. The summed E-state index contributed by atoms with van der Waals surface area (Å²) in [5, 5.41) is 12.7. The molecule has 0 radical (unpaired) electrons. The topological polar surface area (TPSA) is 54.5 Å². The second-order valence-corrected chi connectivity index (χ2v) is 2.67. The molecule has 1 aromatic heterocycles. The third-order valence-electron chi connectivity index (χ3n) is 1.98. The molecule has 56 valence electrons. The van der Waals surface area contributed by atoms with Gasteiger partial charge >= 0.3 is 0 Å². The van der Waals surface area contributed by atoms with Crippen molar-refractivity contribution in [3.05, 3.63) is 12.2 Å². The van der Waals surface area contributed by atoms with E-state index >= 15 is 0 Å². The van der Waals surface area contributed by atoms with E-state index in [1.54, 1.807) is 0 Å². The first-order valence-electron chi connectivity index (χ1n) is 3.69. The SMILES string of the molecule is N#CC1CCCn2ncnc21. The molecule has 0 bridgehead atoms. The Hall–Kier alpha value is -1.37.